The maximum absolute atomic E-state index is 12.4. The molecule has 1 aromatic heterocycles. The Bertz CT molecular complexity index is 532. The van der Waals surface area contributed by atoms with Crippen molar-refractivity contribution in [3.8, 4) is 0 Å². The molecule has 2 heterocycles. The Morgan fingerprint density at radius 2 is 1.67 bits per heavy atom. The predicted octanol–water partition coefficient (Wildman–Crippen LogP) is 2.99. The molecule has 0 atom stereocenters. The zero-order chi connectivity index (χ0) is 14.8. The molecule has 3 rings (SSSR count). The highest BCUT2D eigenvalue weighted by molar-refractivity contribution is 9.11. The molecule has 1 aliphatic carbocycles. The first kappa shape index (κ1) is 15.0. The summed E-state index contributed by atoms with van der Waals surface area (Å²) in [6.07, 6.45) is 4.45. The zero-order valence-electron chi connectivity index (χ0n) is 11.9. The lowest BCUT2D eigenvalue weighted by molar-refractivity contribution is -0.136. The Balaban J connectivity index is 1.55. The minimum absolute atomic E-state index is 0.0821. The van der Waals surface area contributed by atoms with Gasteiger partial charge in [0.15, 0.2) is 0 Å². The normalized spacial score (nSPS) is 20.0. The van der Waals surface area contributed by atoms with Crippen LogP contribution in [0.1, 0.15) is 35.4 Å². The largest absolute Gasteiger partial charge is 0.339 e. The van der Waals surface area contributed by atoms with Crippen LogP contribution in [-0.4, -0.2) is 47.8 Å². The van der Waals surface area contributed by atoms with E-state index < -0.39 is 0 Å². The minimum atomic E-state index is 0.0821. The fourth-order valence-corrected chi connectivity index (χ4v) is 4.50. The molecule has 1 saturated carbocycles. The number of carbonyl (C=O) groups is 2. The van der Waals surface area contributed by atoms with Crippen LogP contribution in [-0.2, 0) is 4.79 Å². The number of hydrogen-bond acceptors (Lipinski definition) is 3. The number of nitrogens with zero attached hydrogens (tertiary/aromatic N) is 2. The first-order valence-corrected chi connectivity index (χ1v) is 9.09. The summed E-state index contributed by atoms with van der Waals surface area (Å²) in [5.74, 6) is 0.623. The third kappa shape index (κ3) is 3.31. The highest BCUT2D eigenvalue weighted by Crippen LogP contribution is 2.27. The molecule has 0 bridgehead atoms. The second-order valence-corrected chi connectivity index (χ2v) is 8.17. The SMILES string of the molecule is O=C(c1ccc(Br)s1)N1CCN(C(=O)C2CCCC2)CC1. The first-order chi connectivity index (χ1) is 10.1. The Labute approximate surface area is 137 Å². The standard InChI is InChI=1S/C15H19BrN2O2S/c16-13-6-5-12(21-13)15(20)18-9-7-17(8-10-18)14(19)11-3-1-2-4-11/h5-6,11H,1-4,7-10H2. The van der Waals surface area contributed by atoms with Crippen molar-refractivity contribution < 1.29 is 9.59 Å². The summed E-state index contributed by atoms with van der Waals surface area (Å²) >= 11 is 4.85. The molecule has 6 heteroatoms. The number of piperazine rings is 1. The number of rotatable bonds is 2. The Morgan fingerprint density at radius 3 is 2.24 bits per heavy atom. The van der Waals surface area contributed by atoms with Crippen molar-refractivity contribution in [1.29, 1.82) is 0 Å². The van der Waals surface area contributed by atoms with Crippen LogP contribution < -0.4 is 0 Å². The minimum Gasteiger partial charge on any atom is -0.339 e. The Morgan fingerprint density at radius 1 is 1.05 bits per heavy atom. The molecule has 21 heavy (non-hydrogen) atoms. The van der Waals surface area contributed by atoms with Gasteiger partial charge in [-0.2, -0.15) is 0 Å². The van der Waals surface area contributed by atoms with E-state index >= 15 is 0 Å². The summed E-state index contributed by atoms with van der Waals surface area (Å²) < 4.78 is 0.973. The van der Waals surface area contributed by atoms with E-state index in [1.165, 1.54) is 24.2 Å². The van der Waals surface area contributed by atoms with Crippen LogP contribution >= 0.6 is 27.3 Å². The van der Waals surface area contributed by atoms with Crippen molar-refractivity contribution in [2.24, 2.45) is 5.92 Å². The van der Waals surface area contributed by atoms with Gasteiger partial charge in [0, 0.05) is 32.1 Å². The van der Waals surface area contributed by atoms with E-state index in [0.29, 0.717) is 32.1 Å². The lowest BCUT2D eigenvalue weighted by Gasteiger charge is -2.35. The fourth-order valence-electron chi connectivity index (χ4n) is 3.15. The second kappa shape index (κ2) is 6.48. The molecule has 0 unspecified atom stereocenters. The summed E-state index contributed by atoms with van der Waals surface area (Å²) in [7, 11) is 0. The molecule has 0 spiro atoms. The van der Waals surface area contributed by atoms with Crippen molar-refractivity contribution in [3.63, 3.8) is 0 Å². The molecule has 4 nitrogen and oxygen atoms in total. The number of carbonyl (C=O) groups excluding carboxylic acids is 2. The van der Waals surface area contributed by atoms with Crippen LogP contribution in [0.25, 0.3) is 0 Å². The van der Waals surface area contributed by atoms with Crippen LogP contribution in [0.5, 0.6) is 0 Å². The van der Waals surface area contributed by atoms with Gasteiger partial charge < -0.3 is 9.80 Å². The van der Waals surface area contributed by atoms with Gasteiger partial charge in [-0.05, 0) is 40.9 Å². The topological polar surface area (TPSA) is 40.6 Å². The van der Waals surface area contributed by atoms with Crippen molar-refractivity contribution in [3.05, 3.63) is 20.8 Å². The van der Waals surface area contributed by atoms with Crippen molar-refractivity contribution >= 4 is 39.1 Å². The number of thiophene rings is 1. The van der Waals surface area contributed by atoms with Gasteiger partial charge in [-0.1, -0.05) is 12.8 Å². The molecule has 0 N–H and O–H groups in total. The monoisotopic (exact) mass is 370 g/mol. The van der Waals surface area contributed by atoms with Gasteiger partial charge in [0.1, 0.15) is 0 Å². The van der Waals surface area contributed by atoms with Gasteiger partial charge in [0.2, 0.25) is 5.91 Å². The average molecular weight is 371 g/mol. The summed E-state index contributed by atoms with van der Waals surface area (Å²) in [5, 5.41) is 0. The number of halogens is 1. The van der Waals surface area contributed by atoms with Crippen LogP contribution in [0.4, 0.5) is 0 Å². The molecule has 1 saturated heterocycles. The van der Waals surface area contributed by atoms with E-state index in [0.717, 1.165) is 21.5 Å². The summed E-state index contributed by atoms with van der Waals surface area (Å²) in [6, 6.07) is 3.75. The van der Waals surface area contributed by atoms with Crippen molar-refractivity contribution in [1.82, 2.24) is 9.80 Å². The van der Waals surface area contributed by atoms with Crippen LogP contribution in [0, 0.1) is 5.92 Å². The molecule has 0 aromatic carbocycles. The van der Waals surface area contributed by atoms with E-state index in [4.69, 9.17) is 0 Å². The highest BCUT2D eigenvalue weighted by Gasteiger charge is 2.30. The third-order valence-corrected chi connectivity index (χ3v) is 5.98. The Hall–Kier alpha value is -0.880. The molecule has 2 amide bonds. The summed E-state index contributed by atoms with van der Waals surface area (Å²) in [4.78, 5) is 29.3. The van der Waals surface area contributed by atoms with Crippen molar-refractivity contribution in [2.45, 2.75) is 25.7 Å². The molecular formula is C15H19BrN2O2S. The number of amides is 2. The Kier molecular flexibility index (Phi) is 4.64. The molecule has 2 aliphatic rings. The van der Waals surface area contributed by atoms with E-state index in [-0.39, 0.29) is 11.8 Å². The van der Waals surface area contributed by atoms with Gasteiger partial charge in [-0.3, -0.25) is 9.59 Å². The molecule has 114 valence electrons. The molecule has 2 fully saturated rings. The van der Waals surface area contributed by atoms with E-state index in [1.807, 2.05) is 21.9 Å². The van der Waals surface area contributed by atoms with Crippen LogP contribution in [0.2, 0.25) is 0 Å². The van der Waals surface area contributed by atoms with Crippen LogP contribution in [0.15, 0.2) is 15.9 Å². The smallest absolute Gasteiger partial charge is 0.264 e. The quantitative estimate of drug-likeness (QED) is 0.802. The molecule has 0 radical (unpaired) electrons. The highest BCUT2D eigenvalue weighted by atomic mass is 79.9. The van der Waals surface area contributed by atoms with Gasteiger partial charge in [0.05, 0.1) is 8.66 Å². The fraction of sp³-hybridized carbons (Fsp3) is 0.600. The maximum atomic E-state index is 12.4. The van der Waals surface area contributed by atoms with E-state index in [9.17, 15) is 9.59 Å². The first-order valence-electron chi connectivity index (χ1n) is 7.48. The van der Waals surface area contributed by atoms with Crippen LogP contribution in [0.3, 0.4) is 0 Å². The zero-order valence-corrected chi connectivity index (χ0v) is 14.3. The van der Waals surface area contributed by atoms with Gasteiger partial charge in [-0.25, -0.2) is 0 Å². The molecule has 1 aliphatic heterocycles. The second-order valence-electron chi connectivity index (χ2n) is 5.70. The third-order valence-electron chi connectivity index (χ3n) is 4.37. The summed E-state index contributed by atoms with van der Waals surface area (Å²) in [6.45, 7) is 2.64. The lowest BCUT2D eigenvalue weighted by Crippen LogP contribution is -2.51. The number of hydrogen-bond donors (Lipinski definition) is 0. The van der Waals surface area contributed by atoms with Crippen molar-refractivity contribution in [2.75, 3.05) is 26.2 Å². The molecular weight excluding hydrogens is 352 g/mol. The van der Waals surface area contributed by atoms with E-state index in [2.05, 4.69) is 15.9 Å². The maximum Gasteiger partial charge on any atom is 0.264 e. The van der Waals surface area contributed by atoms with Gasteiger partial charge in [0.25, 0.3) is 5.91 Å². The predicted molar refractivity (Wildman–Crippen MR) is 86.5 cm³/mol. The van der Waals surface area contributed by atoms with Gasteiger partial charge >= 0.3 is 0 Å². The van der Waals surface area contributed by atoms with E-state index in [1.54, 1.807) is 0 Å². The average Bonchev–Trinajstić information content (AvgIpc) is 3.17. The lowest BCUT2D eigenvalue weighted by atomic mass is 10.1. The van der Waals surface area contributed by atoms with Gasteiger partial charge in [-0.15, -0.1) is 11.3 Å². The summed E-state index contributed by atoms with van der Waals surface area (Å²) in [5.41, 5.74) is 0. The molecule has 1 aromatic rings.